The van der Waals surface area contributed by atoms with Crippen LogP contribution in [0.25, 0.3) is 0 Å². The van der Waals surface area contributed by atoms with Crippen LogP contribution in [-0.4, -0.2) is 38.7 Å². The van der Waals surface area contributed by atoms with E-state index in [1.165, 1.54) is 0 Å². The molecule has 0 aliphatic carbocycles. The summed E-state index contributed by atoms with van der Waals surface area (Å²) in [6.07, 6.45) is 6.23. The third-order valence-corrected chi connectivity index (χ3v) is 5.22. The third kappa shape index (κ3) is 3.50. The highest BCUT2D eigenvalue weighted by atomic mass is 16.2. The van der Waals surface area contributed by atoms with Crippen molar-refractivity contribution in [1.82, 2.24) is 19.7 Å². The number of carbonyl (C=O) groups is 1. The number of rotatable bonds is 5. The molecule has 2 heterocycles. The minimum atomic E-state index is -0.0425. The number of carbonyl (C=O) groups excluding carboxylic acids is 1. The molecule has 5 nitrogen and oxygen atoms in total. The average Bonchev–Trinajstić information content (AvgIpc) is 3.17. The number of nitrogens with zero attached hydrogens (tertiary/aromatic N) is 4. The van der Waals surface area contributed by atoms with Crippen molar-refractivity contribution in [3.63, 3.8) is 0 Å². The number of hydrogen-bond donors (Lipinski definition) is 0. The summed E-state index contributed by atoms with van der Waals surface area (Å²) in [4.78, 5) is 19.2. The number of likely N-dealkylation sites (tertiary alicyclic amines) is 1. The first kappa shape index (κ1) is 16.7. The third-order valence-electron chi connectivity index (χ3n) is 5.22. The Morgan fingerprint density at radius 1 is 1.25 bits per heavy atom. The molecule has 1 aromatic heterocycles. The topological polar surface area (TPSA) is 51.0 Å². The molecule has 2 atom stereocenters. The van der Waals surface area contributed by atoms with Crippen LogP contribution < -0.4 is 0 Å². The highest BCUT2D eigenvalue weighted by molar-refractivity contribution is 5.84. The van der Waals surface area contributed by atoms with Crippen LogP contribution in [0.15, 0.2) is 43.0 Å². The fourth-order valence-corrected chi connectivity index (χ4v) is 3.56. The highest BCUT2D eigenvalue weighted by Gasteiger charge is 2.32. The number of piperidine rings is 1. The summed E-state index contributed by atoms with van der Waals surface area (Å²) >= 11 is 0. The van der Waals surface area contributed by atoms with E-state index in [1.54, 1.807) is 12.7 Å². The van der Waals surface area contributed by atoms with E-state index < -0.39 is 0 Å². The Morgan fingerprint density at radius 3 is 2.54 bits per heavy atom. The first-order valence-electron chi connectivity index (χ1n) is 8.88. The second-order valence-electron chi connectivity index (χ2n) is 6.71. The standard InChI is InChI=1S/C19H26N4O/c1-3-15(2)18(16-7-5-4-6-8-16)19(24)22-11-9-17(10-12-22)23-14-20-13-21-23/h4-8,13-15,17-18H,3,9-12H2,1-2H3/t15-,18-/m1/s1. The normalized spacial score (nSPS) is 18.3. The largest absolute Gasteiger partial charge is 0.342 e. The molecule has 1 saturated heterocycles. The summed E-state index contributed by atoms with van der Waals surface area (Å²) in [6.45, 7) is 5.93. The molecule has 0 bridgehead atoms. The Bertz CT molecular complexity index is 633. The van der Waals surface area contributed by atoms with Crippen LogP contribution in [0.3, 0.4) is 0 Å². The minimum absolute atomic E-state index is 0.0425. The van der Waals surface area contributed by atoms with Crippen LogP contribution in [0.2, 0.25) is 0 Å². The molecular weight excluding hydrogens is 300 g/mol. The molecule has 128 valence electrons. The monoisotopic (exact) mass is 326 g/mol. The second kappa shape index (κ2) is 7.60. The summed E-state index contributed by atoms with van der Waals surface area (Å²) < 4.78 is 1.92. The lowest BCUT2D eigenvalue weighted by molar-refractivity contribution is -0.135. The van der Waals surface area contributed by atoms with Gasteiger partial charge in [-0.15, -0.1) is 0 Å². The van der Waals surface area contributed by atoms with Crippen LogP contribution in [-0.2, 0) is 4.79 Å². The van der Waals surface area contributed by atoms with Crippen molar-refractivity contribution >= 4 is 5.91 Å². The molecule has 24 heavy (non-hydrogen) atoms. The highest BCUT2D eigenvalue weighted by Crippen LogP contribution is 2.31. The number of aromatic nitrogens is 3. The van der Waals surface area contributed by atoms with Crippen molar-refractivity contribution in [2.24, 2.45) is 5.92 Å². The van der Waals surface area contributed by atoms with E-state index in [1.807, 2.05) is 27.8 Å². The molecule has 0 N–H and O–H groups in total. The van der Waals surface area contributed by atoms with Crippen LogP contribution >= 0.6 is 0 Å². The Morgan fingerprint density at radius 2 is 1.96 bits per heavy atom. The van der Waals surface area contributed by atoms with E-state index in [-0.39, 0.29) is 11.8 Å². The van der Waals surface area contributed by atoms with Gasteiger partial charge < -0.3 is 4.90 Å². The molecule has 2 aromatic rings. The molecule has 0 unspecified atom stereocenters. The Hall–Kier alpha value is -2.17. The zero-order chi connectivity index (χ0) is 16.9. The van der Waals surface area contributed by atoms with Crippen molar-refractivity contribution in [2.45, 2.75) is 45.1 Å². The van der Waals surface area contributed by atoms with Gasteiger partial charge in [-0.05, 0) is 24.3 Å². The summed E-state index contributed by atoms with van der Waals surface area (Å²) in [5, 5.41) is 4.24. The van der Waals surface area contributed by atoms with Crippen molar-refractivity contribution in [2.75, 3.05) is 13.1 Å². The van der Waals surface area contributed by atoms with E-state index in [0.717, 1.165) is 37.9 Å². The van der Waals surface area contributed by atoms with E-state index in [0.29, 0.717) is 12.0 Å². The molecule has 1 amide bonds. The van der Waals surface area contributed by atoms with Crippen LogP contribution in [0, 0.1) is 5.92 Å². The zero-order valence-corrected chi connectivity index (χ0v) is 14.5. The second-order valence-corrected chi connectivity index (χ2v) is 6.71. The lowest BCUT2D eigenvalue weighted by Crippen LogP contribution is -2.43. The molecule has 5 heteroatoms. The van der Waals surface area contributed by atoms with Crippen LogP contribution in [0.5, 0.6) is 0 Å². The van der Waals surface area contributed by atoms with Gasteiger partial charge in [0, 0.05) is 13.1 Å². The van der Waals surface area contributed by atoms with E-state index in [2.05, 4.69) is 36.1 Å². The smallest absolute Gasteiger partial charge is 0.230 e. The van der Waals surface area contributed by atoms with E-state index in [9.17, 15) is 4.79 Å². The molecule has 1 aromatic carbocycles. The fraction of sp³-hybridized carbons (Fsp3) is 0.526. The number of hydrogen-bond acceptors (Lipinski definition) is 3. The predicted molar refractivity (Wildman–Crippen MR) is 93.5 cm³/mol. The van der Waals surface area contributed by atoms with Crippen molar-refractivity contribution in [1.29, 1.82) is 0 Å². The quantitative estimate of drug-likeness (QED) is 0.847. The lowest BCUT2D eigenvalue weighted by Gasteiger charge is -2.35. The zero-order valence-electron chi connectivity index (χ0n) is 14.5. The Kier molecular flexibility index (Phi) is 5.28. The summed E-state index contributed by atoms with van der Waals surface area (Å²) in [7, 11) is 0. The van der Waals surface area contributed by atoms with Gasteiger partial charge in [0.15, 0.2) is 0 Å². The molecule has 0 saturated carbocycles. The van der Waals surface area contributed by atoms with Gasteiger partial charge in [0.05, 0.1) is 12.0 Å². The Balaban J connectivity index is 1.70. The van der Waals surface area contributed by atoms with Gasteiger partial charge in [0.2, 0.25) is 5.91 Å². The summed E-state index contributed by atoms with van der Waals surface area (Å²) in [5.41, 5.74) is 1.13. The lowest BCUT2D eigenvalue weighted by atomic mass is 9.84. The number of benzene rings is 1. The summed E-state index contributed by atoms with van der Waals surface area (Å²) in [5.74, 6) is 0.569. The summed E-state index contributed by atoms with van der Waals surface area (Å²) in [6, 6.07) is 10.6. The minimum Gasteiger partial charge on any atom is -0.342 e. The molecule has 0 spiro atoms. The molecule has 1 fully saturated rings. The molecule has 1 aliphatic rings. The van der Waals surface area contributed by atoms with Crippen LogP contribution in [0.1, 0.15) is 50.6 Å². The van der Waals surface area contributed by atoms with Gasteiger partial charge >= 0.3 is 0 Å². The van der Waals surface area contributed by atoms with Crippen LogP contribution in [0.4, 0.5) is 0 Å². The maximum absolute atomic E-state index is 13.2. The van der Waals surface area contributed by atoms with Crippen molar-refractivity contribution in [3.05, 3.63) is 48.5 Å². The van der Waals surface area contributed by atoms with Gasteiger partial charge in [0.1, 0.15) is 12.7 Å². The molecule has 0 radical (unpaired) electrons. The van der Waals surface area contributed by atoms with Gasteiger partial charge in [-0.2, -0.15) is 5.10 Å². The SMILES string of the molecule is CC[C@@H](C)[C@@H](C(=O)N1CCC(n2cncn2)CC1)c1ccccc1. The Labute approximate surface area is 143 Å². The van der Waals surface area contributed by atoms with Crippen molar-refractivity contribution < 1.29 is 4.79 Å². The predicted octanol–water partition coefficient (Wildman–Crippen LogP) is 3.27. The van der Waals surface area contributed by atoms with Gasteiger partial charge in [-0.1, -0.05) is 50.6 Å². The van der Waals surface area contributed by atoms with E-state index >= 15 is 0 Å². The van der Waals surface area contributed by atoms with E-state index in [4.69, 9.17) is 0 Å². The van der Waals surface area contributed by atoms with Gasteiger partial charge in [-0.3, -0.25) is 4.79 Å². The first-order valence-corrected chi connectivity index (χ1v) is 8.88. The first-order chi connectivity index (χ1) is 11.7. The fourth-order valence-electron chi connectivity index (χ4n) is 3.56. The molecule has 1 aliphatic heterocycles. The molecular formula is C19H26N4O. The van der Waals surface area contributed by atoms with Gasteiger partial charge in [-0.25, -0.2) is 9.67 Å². The van der Waals surface area contributed by atoms with Crippen molar-refractivity contribution in [3.8, 4) is 0 Å². The number of amides is 1. The van der Waals surface area contributed by atoms with Gasteiger partial charge in [0.25, 0.3) is 0 Å². The maximum Gasteiger partial charge on any atom is 0.230 e. The average molecular weight is 326 g/mol. The maximum atomic E-state index is 13.2. The molecule has 3 rings (SSSR count).